The highest BCUT2D eigenvalue weighted by atomic mass is 35.5. The van der Waals surface area contributed by atoms with Crippen molar-refractivity contribution >= 4 is 17.3 Å². The molecule has 2 N–H and O–H groups in total. The number of nitrogens with zero attached hydrogens (tertiary/aromatic N) is 2. The number of ether oxygens (including phenoxy) is 1. The Morgan fingerprint density at radius 1 is 1.43 bits per heavy atom. The lowest BCUT2D eigenvalue weighted by Crippen LogP contribution is -2.41. The van der Waals surface area contributed by atoms with Crippen molar-refractivity contribution in [3.05, 3.63) is 45.2 Å². The van der Waals surface area contributed by atoms with Crippen LogP contribution in [0.15, 0.2) is 27.5 Å². The summed E-state index contributed by atoms with van der Waals surface area (Å²) < 4.78 is 11.2. The second-order valence-electron chi connectivity index (χ2n) is 5.42. The van der Waals surface area contributed by atoms with E-state index in [1.807, 2.05) is 19.1 Å². The molecule has 1 aliphatic heterocycles. The molecule has 2 aromatic rings. The highest BCUT2D eigenvalue weighted by Gasteiger charge is 2.25. The fourth-order valence-electron chi connectivity index (χ4n) is 2.64. The molecule has 0 spiro atoms. The van der Waals surface area contributed by atoms with Crippen LogP contribution in [-0.4, -0.2) is 47.9 Å². The molecular weight excluding hydrogens is 320 g/mol. The lowest BCUT2D eigenvalue weighted by Gasteiger charge is -2.33. The van der Waals surface area contributed by atoms with Gasteiger partial charge in [0.1, 0.15) is 16.5 Å². The Labute approximate surface area is 138 Å². The van der Waals surface area contributed by atoms with Gasteiger partial charge in [-0.15, -0.1) is 0 Å². The molecule has 1 fully saturated rings. The van der Waals surface area contributed by atoms with Gasteiger partial charge >= 0.3 is 0 Å². The molecule has 1 atom stereocenters. The summed E-state index contributed by atoms with van der Waals surface area (Å²) in [4.78, 5) is 13.8. The van der Waals surface area contributed by atoms with E-state index in [1.54, 1.807) is 0 Å². The van der Waals surface area contributed by atoms with Gasteiger partial charge in [-0.3, -0.25) is 9.69 Å². The number of aromatic nitrogens is 2. The van der Waals surface area contributed by atoms with Crippen LogP contribution in [-0.2, 0) is 4.74 Å². The van der Waals surface area contributed by atoms with Crippen LogP contribution in [0.3, 0.4) is 0 Å². The van der Waals surface area contributed by atoms with Crippen LogP contribution in [0.4, 0.5) is 5.69 Å². The first-order chi connectivity index (χ1) is 11.1. The maximum Gasteiger partial charge on any atom is 0.285 e. The monoisotopic (exact) mass is 338 g/mol. The van der Waals surface area contributed by atoms with Crippen LogP contribution in [0, 0.1) is 6.92 Å². The molecule has 3 rings (SSSR count). The zero-order valence-electron chi connectivity index (χ0n) is 12.8. The number of furan rings is 1. The number of halogens is 1. The minimum atomic E-state index is -0.409. The number of H-pyrrole nitrogens is 1. The molecule has 0 aliphatic carbocycles. The number of nitrogens with one attached hydrogen (secondary N) is 2. The predicted octanol–water partition coefficient (Wildman–Crippen LogP) is 1.81. The van der Waals surface area contributed by atoms with Gasteiger partial charge in [0.2, 0.25) is 0 Å². The first-order valence-electron chi connectivity index (χ1n) is 7.50. The summed E-state index contributed by atoms with van der Waals surface area (Å²) in [6.07, 6.45) is 1.51. The maximum atomic E-state index is 11.5. The van der Waals surface area contributed by atoms with Gasteiger partial charge in [-0.1, -0.05) is 11.6 Å². The Balaban J connectivity index is 1.78. The van der Waals surface area contributed by atoms with Gasteiger partial charge in [0.25, 0.3) is 5.56 Å². The van der Waals surface area contributed by atoms with E-state index in [-0.39, 0.29) is 11.1 Å². The van der Waals surface area contributed by atoms with E-state index in [1.165, 1.54) is 6.20 Å². The normalized spacial score (nSPS) is 17.1. The number of hydrogen-bond donors (Lipinski definition) is 2. The van der Waals surface area contributed by atoms with Gasteiger partial charge in [0.05, 0.1) is 31.1 Å². The minimum Gasteiger partial charge on any atom is -0.465 e. The third kappa shape index (κ3) is 3.74. The van der Waals surface area contributed by atoms with Gasteiger partial charge in [-0.05, 0) is 19.1 Å². The van der Waals surface area contributed by atoms with E-state index < -0.39 is 5.56 Å². The van der Waals surface area contributed by atoms with E-state index in [9.17, 15) is 4.79 Å². The molecule has 3 heterocycles. The topological polar surface area (TPSA) is 83.4 Å². The van der Waals surface area contributed by atoms with Crippen molar-refractivity contribution in [3.8, 4) is 0 Å². The Morgan fingerprint density at radius 3 is 2.91 bits per heavy atom. The van der Waals surface area contributed by atoms with Crippen LogP contribution in [0.25, 0.3) is 0 Å². The third-order valence-electron chi connectivity index (χ3n) is 3.86. The molecule has 1 aliphatic rings. The van der Waals surface area contributed by atoms with Gasteiger partial charge in [0, 0.05) is 19.6 Å². The summed E-state index contributed by atoms with van der Waals surface area (Å²) in [5.74, 6) is 1.75. The van der Waals surface area contributed by atoms with Crippen molar-refractivity contribution in [1.29, 1.82) is 0 Å². The number of hydrogen-bond acceptors (Lipinski definition) is 6. The summed E-state index contributed by atoms with van der Waals surface area (Å²) in [5, 5.41) is 9.38. The number of morpholine rings is 1. The van der Waals surface area contributed by atoms with Crippen LogP contribution >= 0.6 is 11.6 Å². The van der Waals surface area contributed by atoms with Crippen LogP contribution in [0.2, 0.25) is 5.02 Å². The molecule has 7 nitrogen and oxygen atoms in total. The highest BCUT2D eigenvalue weighted by Crippen LogP contribution is 2.25. The zero-order chi connectivity index (χ0) is 16.2. The van der Waals surface area contributed by atoms with Gasteiger partial charge in [-0.25, -0.2) is 5.10 Å². The predicted molar refractivity (Wildman–Crippen MR) is 86.9 cm³/mol. The van der Waals surface area contributed by atoms with E-state index in [2.05, 4.69) is 20.4 Å². The molecule has 0 bridgehead atoms. The second kappa shape index (κ2) is 7.16. The number of anilines is 1. The van der Waals surface area contributed by atoms with E-state index in [0.29, 0.717) is 25.4 Å². The molecule has 23 heavy (non-hydrogen) atoms. The lowest BCUT2D eigenvalue weighted by atomic mass is 10.1. The summed E-state index contributed by atoms with van der Waals surface area (Å²) in [6.45, 7) is 5.52. The average molecular weight is 339 g/mol. The standard InChI is InChI=1S/C15H19ClN4O3/c1-10-2-3-13(23-10)12(20-4-6-22-7-5-20)9-17-11-8-18-19-15(21)14(11)16/h2-3,8,12H,4-7,9H2,1H3,(H2,17,19,21)/t12-/m0/s1. The van der Waals surface area contributed by atoms with Gasteiger partial charge in [0.15, 0.2) is 0 Å². The van der Waals surface area contributed by atoms with Crippen LogP contribution in [0.5, 0.6) is 0 Å². The number of rotatable bonds is 5. The second-order valence-corrected chi connectivity index (χ2v) is 5.80. The number of aryl methyl sites for hydroxylation is 1. The smallest absolute Gasteiger partial charge is 0.285 e. The molecule has 0 radical (unpaired) electrons. The summed E-state index contributed by atoms with van der Waals surface area (Å²) in [5.41, 5.74) is 0.102. The van der Waals surface area contributed by atoms with Crippen molar-refractivity contribution in [3.63, 3.8) is 0 Å². The summed E-state index contributed by atoms with van der Waals surface area (Å²) in [6, 6.07) is 3.96. The number of aromatic amines is 1. The summed E-state index contributed by atoms with van der Waals surface area (Å²) in [7, 11) is 0. The maximum absolute atomic E-state index is 11.5. The van der Waals surface area contributed by atoms with Gasteiger partial charge < -0.3 is 14.5 Å². The molecule has 1 saturated heterocycles. The SMILES string of the molecule is Cc1ccc([C@H](CNc2cn[nH]c(=O)c2Cl)N2CCOCC2)o1. The third-order valence-corrected chi connectivity index (χ3v) is 4.23. The Morgan fingerprint density at radius 2 is 2.22 bits per heavy atom. The Kier molecular flexibility index (Phi) is 5.00. The van der Waals surface area contributed by atoms with Crippen molar-refractivity contribution in [2.24, 2.45) is 0 Å². The first-order valence-corrected chi connectivity index (χ1v) is 7.88. The van der Waals surface area contributed by atoms with Crippen LogP contribution in [0.1, 0.15) is 17.6 Å². The van der Waals surface area contributed by atoms with Gasteiger partial charge in [-0.2, -0.15) is 5.10 Å². The first kappa shape index (κ1) is 16.0. The minimum absolute atomic E-state index is 0.0305. The van der Waals surface area contributed by atoms with Crippen molar-refractivity contribution in [2.45, 2.75) is 13.0 Å². The molecule has 0 saturated carbocycles. The fourth-order valence-corrected chi connectivity index (χ4v) is 2.80. The van der Waals surface area contributed by atoms with E-state index in [0.717, 1.165) is 24.6 Å². The van der Waals surface area contributed by atoms with Crippen LogP contribution < -0.4 is 10.9 Å². The fraction of sp³-hybridized carbons (Fsp3) is 0.467. The van der Waals surface area contributed by atoms with Crippen molar-refractivity contribution in [1.82, 2.24) is 15.1 Å². The summed E-state index contributed by atoms with van der Waals surface area (Å²) >= 11 is 6.01. The zero-order valence-corrected chi connectivity index (χ0v) is 13.6. The molecule has 124 valence electrons. The lowest BCUT2D eigenvalue weighted by molar-refractivity contribution is 0.0143. The molecule has 8 heteroatoms. The quantitative estimate of drug-likeness (QED) is 0.865. The Hall–Kier alpha value is -1.83. The molecular formula is C15H19ClN4O3. The van der Waals surface area contributed by atoms with E-state index in [4.69, 9.17) is 20.8 Å². The average Bonchev–Trinajstić information content (AvgIpc) is 2.99. The van der Waals surface area contributed by atoms with E-state index >= 15 is 0 Å². The largest absolute Gasteiger partial charge is 0.465 e. The molecule has 2 aromatic heterocycles. The van der Waals surface area contributed by atoms with Crippen molar-refractivity contribution in [2.75, 3.05) is 38.2 Å². The Bertz CT molecular complexity index is 709. The molecule has 0 aromatic carbocycles. The molecule has 0 unspecified atom stereocenters. The molecule has 0 amide bonds. The van der Waals surface area contributed by atoms with Crippen molar-refractivity contribution < 1.29 is 9.15 Å². The highest BCUT2D eigenvalue weighted by molar-refractivity contribution is 6.32.